The van der Waals surface area contributed by atoms with Crippen LogP contribution in [0.5, 0.6) is 0 Å². The summed E-state index contributed by atoms with van der Waals surface area (Å²) in [7, 11) is 0. The highest BCUT2D eigenvalue weighted by Crippen LogP contribution is 2.38. The minimum Gasteiger partial charge on any atom is -0.381 e. The Labute approximate surface area is 159 Å². The van der Waals surface area contributed by atoms with Crippen LogP contribution in [0.2, 0.25) is 0 Å². The van der Waals surface area contributed by atoms with Gasteiger partial charge in [-0.3, -0.25) is 9.59 Å². The molecule has 7 heteroatoms. The molecule has 1 aromatic carbocycles. The van der Waals surface area contributed by atoms with Crippen molar-refractivity contribution >= 4 is 11.8 Å². The number of nitrogens with two attached hydrogens (primary N) is 1. The van der Waals surface area contributed by atoms with Crippen LogP contribution in [-0.2, 0) is 19.7 Å². The monoisotopic (exact) mass is 377 g/mol. The van der Waals surface area contributed by atoms with Crippen molar-refractivity contribution in [3.8, 4) is 0 Å². The summed E-state index contributed by atoms with van der Waals surface area (Å²) in [5.74, 6) is -0.632. The summed E-state index contributed by atoms with van der Waals surface area (Å²) in [6, 6.07) is 5.25. The number of likely N-dealkylation sites (tertiary alicyclic amines) is 1. The van der Waals surface area contributed by atoms with E-state index < -0.39 is 11.5 Å². The van der Waals surface area contributed by atoms with Gasteiger partial charge in [0.1, 0.15) is 11.9 Å². The van der Waals surface area contributed by atoms with Gasteiger partial charge in [-0.25, -0.2) is 4.39 Å². The second kappa shape index (κ2) is 7.94. The molecule has 2 fully saturated rings. The minimum absolute atomic E-state index is 0.0135. The summed E-state index contributed by atoms with van der Waals surface area (Å²) in [5.41, 5.74) is 6.06. The molecule has 2 aliphatic rings. The van der Waals surface area contributed by atoms with Crippen LogP contribution in [0.3, 0.4) is 0 Å². The Hall–Kier alpha value is -1.99. The maximum atomic E-state index is 13.7. The normalized spacial score (nSPS) is 24.9. The van der Waals surface area contributed by atoms with Crippen molar-refractivity contribution in [2.75, 3.05) is 19.8 Å². The van der Waals surface area contributed by atoms with Crippen molar-refractivity contribution in [1.29, 1.82) is 0 Å². The third kappa shape index (κ3) is 3.99. The molecule has 0 aromatic heterocycles. The van der Waals surface area contributed by atoms with Crippen LogP contribution in [0.1, 0.15) is 38.7 Å². The lowest BCUT2D eigenvalue weighted by molar-refractivity contribution is -0.146. The largest absolute Gasteiger partial charge is 0.381 e. The lowest BCUT2D eigenvalue weighted by Gasteiger charge is -2.40. The number of carbonyl (C=O) groups excluding carboxylic acids is 2. The van der Waals surface area contributed by atoms with Gasteiger partial charge in [-0.1, -0.05) is 12.1 Å². The van der Waals surface area contributed by atoms with Gasteiger partial charge in [0.15, 0.2) is 0 Å². The van der Waals surface area contributed by atoms with E-state index in [-0.39, 0.29) is 29.7 Å². The van der Waals surface area contributed by atoms with Crippen molar-refractivity contribution in [1.82, 2.24) is 10.2 Å². The van der Waals surface area contributed by atoms with E-state index in [9.17, 15) is 14.0 Å². The van der Waals surface area contributed by atoms with Crippen LogP contribution in [0.25, 0.3) is 0 Å². The van der Waals surface area contributed by atoms with Gasteiger partial charge in [-0.15, -0.1) is 0 Å². The standard InChI is InChI=1S/C20H28FN3O3/c1-13(2)23-18(25)17-11-16(22)12-24(17)19(26)20(7-9-27-10-8-20)14-3-5-15(21)6-4-14/h3-6,13,16-17H,7-12,22H2,1-2H3,(H,23,25). The number of nitrogens with one attached hydrogen (secondary N) is 1. The average molecular weight is 377 g/mol. The predicted molar refractivity (Wildman–Crippen MR) is 99.5 cm³/mol. The molecule has 0 bridgehead atoms. The Balaban J connectivity index is 1.93. The maximum absolute atomic E-state index is 13.7. The summed E-state index contributed by atoms with van der Waals surface area (Å²) in [5, 5.41) is 2.89. The number of halogens is 1. The Morgan fingerprint density at radius 3 is 2.48 bits per heavy atom. The Kier molecular flexibility index (Phi) is 5.81. The van der Waals surface area contributed by atoms with E-state index in [1.54, 1.807) is 17.0 Å². The number of rotatable bonds is 4. The minimum atomic E-state index is -0.813. The molecule has 0 aliphatic carbocycles. The first kappa shape index (κ1) is 19.8. The molecule has 0 saturated carbocycles. The summed E-state index contributed by atoms with van der Waals surface area (Å²) in [6.07, 6.45) is 1.45. The van der Waals surface area contributed by atoms with Gasteiger partial charge in [0.05, 0.1) is 5.41 Å². The molecular weight excluding hydrogens is 349 g/mol. The van der Waals surface area contributed by atoms with Crippen LogP contribution in [0.15, 0.2) is 24.3 Å². The van der Waals surface area contributed by atoms with Crippen LogP contribution in [0, 0.1) is 5.82 Å². The molecule has 0 radical (unpaired) electrons. The Bertz CT molecular complexity index is 686. The number of carbonyl (C=O) groups is 2. The van der Waals surface area contributed by atoms with Crippen LogP contribution in [0.4, 0.5) is 4.39 Å². The summed E-state index contributed by atoms with van der Waals surface area (Å²) < 4.78 is 18.9. The summed E-state index contributed by atoms with van der Waals surface area (Å²) in [4.78, 5) is 28.0. The molecule has 0 spiro atoms. The fraction of sp³-hybridized carbons (Fsp3) is 0.600. The topological polar surface area (TPSA) is 84.7 Å². The van der Waals surface area contributed by atoms with Gasteiger partial charge in [-0.2, -0.15) is 0 Å². The fourth-order valence-corrected chi connectivity index (χ4v) is 4.11. The first-order valence-corrected chi connectivity index (χ1v) is 9.54. The van der Waals surface area contributed by atoms with Gasteiger partial charge in [0.2, 0.25) is 11.8 Å². The van der Waals surface area contributed by atoms with Crippen LogP contribution in [-0.4, -0.2) is 54.6 Å². The van der Waals surface area contributed by atoms with Gasteiger partial charge in [-0.05, 0) is 50.8 Å². The van der Waals surface area contributed by atoms with Crippen molar-refractivity contribution in [2.24, 2.45) is 5.73 Å². The van der Waals surface area contributed by atoms with Gasteiger partial charge in [0, 0.05) is 31.8 Å². The second-order valence-corrected chi connectivity index (χ2v) is 7.83. The maximum Gasteiger partial charge on any atom is 0.243 e. The third-order valence-electron chi connectivity index (χ3n) is 5.48. The van der Waals surface area contributed by atoms with E-state index in [0.717, 1.165) is 5.56 Å². The smallest absolute Gasteiger partial charge is 0.243 e. The Morgan fingerprint density at radius 1 is 1.26 bits per heavy atom. The SMILES string of the molecule is CC(C)NC(=O)C1CC(N)CN1C(=O)C1(c2ccc(F)cc2)CCOCC1. The van der Waals surface area contributed by atoms with Crippen molar-refractivity contribution < 1.29 is 18.7 Å². The highest BCUT2D eigenvalue weighted by atomic mass is 19.1. The first-order chi connectivity index (χ1) is 12.8. The highest BCUT2D eigenvalue weighted by molar-refractivity contribution is 5.94. The molecule has 1 aromatic rings. The van der Waals surface area contributed by atoms with E-state index >= 15 is 0 Å². The molecule has 2 saturated heterocycles. The van der Waals surface area contributed by atoms with Gasteiger partial charge >= 0.3 is 0 Å². The van der Waals surface area contributed by atoms with E-state index in [1.165, 1.54) is 12.1 Å². The summed E-state index contributed by atoms with van der Waals surface area (Å²) >= 11 is 0. The van der Waals surface area contributed by atoms with E-state index in [0.29, 0.717) is 39.0 Å². The molecule has 3 rings (SSSR count). The molecule has 6 nitrogen and oxygen atoms in total. The molecule has 2 unspecified atom stereocenters. The Morgan fingerprint density at radius 2 is 1.89 bits per heavy atom. The zero-order valence-electron chi connectivity index (χ0n) is 15.9. The number of nitrogens with zero attached hydrogens (tertiary/aromatic N) is 1. The number of ether oxygens (including phenoxy) is 1. The molecule has 2 heterocycles. The number of hydrogen-bond acceptors (Lipinski definition) is 4. The zero-order chi connectivity index (χ0) is 19.6. The second-order valence-electron chi connectivity index (χ2n) is 7.83. The van der Waals surface area contributed by atoms with E-state index in [4.69, 9.17) is 10.5 Å². The summed E-state index contributed by atoms with van der Waals surface area (Å²) in [6.45, 7) is 5.02. The molecular formula is C20H28FN3O3. The van der Waals surface area contributed by atoms with Crippen molar-refractivity contribution in [3.05, 3.63) is 35.6 Å². The van der Waals surface area contributed by atoms with Crippen LogP contribution < -0.4 is 11.1 Å². The lowest BCUT2D eigenvalue weighted by Crippen LogP contribution is -2.55. The predicted octanol–water partition coefficient (Wildman–Crippen LogP) is 1.33. The van der Waals surface area contributed by atoms with E-state index in [1.807, 2.05) is 13.8 Å². The molecule has 27 heavy (non-hydrogen) atoms. The highest BCUT2D eigenvalue weighted by Gasteiger charge is 2.49. The molecule has 148 valence electrons. The number of amides is 2. The van der Waals surface area contributed by atoms with Gasteiger partial charge in [0.25, 0.3) is 0 Å². The molecule has 2 amide bonds. The number of hydrogen-bond donors (Lipinski definition) is 2. The van der Waals surface area contributed by atoms with Crippen molar-refractivity contribution in [2.45, 2.75) is 56.7 Å². The molecule has 3 N–H and O–H groups in total. The van der Waals surface area contributed by atoms with Crippen molar-refractivity contribution in [3.63, 3.8) is 0 Å². The van der Waals surface area contributed by atoms with Crippen LogP contribution >= 0.6 is 0 Å². The quantitative estimate of drug-likeness (QED) is 0.829. The molecule has 2 atom stereocenters. The lowest BCUT2D eigenvalue weighted by atomic mass is 9.73. The van der Waals surface area contributed by atoms with E-state index in [2.05, 4.69) is 5.32 Å². The van der Waals surface area contributed by atoms with Gasteiger partial charge < -0.3 is 20.7 Å². The molecule has 2 aliphatic heterocycles. The number of benzene rings is 1. The third-order valence-corrected chi connectivity index (χ3v) is 5.48. The first-order valence-electron chi connectivity index (χ1n) is 9.54. The average Bonchev–Trinajstić information content (AvgIpc) is 3.03. The fourth-order valence-electron chi connectivity index (χ4n) is 4.11. The zero-order valence-corrected chi connectivity index (χ0v) is 15.9.